The number of aromatic nitrogens is 1. The highest BCUT2D eigenvalue weighted by Gasteiger charge is 2.13. The number of carbonyl (C=O) groups is 1. The molecule has 124 valence electrons. The van der Waals surface area contributed by atoms with E-state index in [2.05, 4.69) is 20.5 Å². The number of pyridine rings is 1. The summed E-state index contributed by atoms with van der Waals surface area (Å²) in [5.74, 6) is 0.496. The SMILES string of the molecule is Cc1cc(C(=O)Nc2ccc(N3CCNCC3)cn2)sc1C.Cl. The van der Waals surface area contributed by atoms with Crippen molar-refractivity contribution in [1.29, 1.82) is 0 Å². The Morgan fingerprint density at radius 2 is 2.04 bits per heavy atom. The van der Waals surface area contributed by atoms with Gasteiger partial charge in [-0.1, -0.05) is 0 Å². The highest BCUT2D eigenvalue weighted by atomic mass is 35.5. The number of halogens is 1. The lowest BCUT2D eigenvalue weighted by atomic mass is 10.3. The molecular formula is C16H21ClN4OS. The molecule has 1 aliphatic heterocycles. The highest BCUT2D eigenvalue weighted by Crippen LogP contribution is 2.22. The van der Waals surface area contributed by atoms with E-state index >= 15 is 0 Å². The Bertz CT molecular complexity index is 646. The van der Waals surface area contributed by atoms with Crippen molar-refractivity contribution in [3.63, 3.8) is 0 Å². The third-order valence-electron chi connectivity index (χ3n) is 3.86. The fourth-order valence-electron chi connectivity index (χ4n) is 2.43. The molecule has 1 aliphatic rings. The van der Waals surface area contributed by atoms with Gasteiger partial charge in [-0.15, -0.1) is 23.7 Å². The summed E-state index contributed by atoms with van der Waals surface area (Å²) in [6.45, 7) is 8.01. The van der Waals surface area contributed by atoms with Crippen molar-refractivity contribution in [2.75, 3.05) is 36.4 Å². The molecule has 3 heterocycles. The first-order valence-corrected chi connectivity index (χ1v) is 8.25. The largest absolute Gasteiger partial charge is 0.368 e. The van der Waals surface area contributed by atoms with E-state index in [-0.39, 0.29) is 18.3 Å². The van der Waals surface area contributed by atoms with Gasteiger partial charge >= 0.3 is 0 Å². The van der Waals surface area contributed by atoms with Crippen molar-refractivity contribution in [3.8, 4) is 0 Å². The van der Waals surface area contributed by atoms with E-state index in [0.717, 1.165) is 42.3 Å². The lowest BCUT2D eigenvalue weighted by molar-refractivity contribution is 0.103. The molecule has 0 saturated carbocycles. The van der Waals surface area contributed by atoms with Crippen LogP contribution in [0.15, 0.2) is 24.4 Å². The van der Waals surface area contributed by atoms with Gasteiger partial charge in [-0.25, -0.2) is 4.98 Å². The number of anilines is 2. The van der Waals surface area contributed by atoms with Crippen molar-refractivity contribution >= 4 is 41.2 Å². The lowest BCUT2D eigenvalue weighted by Gasteiger charge is -2.29. The van der Waals surface area contributed by atoms with Crippen LogP contribution >= 0.6 is 23.7 Å². The van der Waals surface area contributed by atoms with Crippen molar-refractivity contribution in [1.82, 2.24) is 10.3 Å². The van der Waals surface area contributed by atoms with Gasteiger partial charge in [0.15, 0.2) is 0 Å². The number of thiophene rings is 1. The van der Waals surface area contributed by atoms with Gasteiger partial charge < -0.3 is 15.5 Å². The smallest absolute Gasteiger partial charge is 0.266 e. The first kappa shape index (κ1) is 17.7. The van der Waals surface area contributed by atoms with Gasteiger partial charge in [0.1, 0.15) is 5.82 Å². The number of rotatable bonds is 3. The predicted molar refractivity (Wildman–Crippen MR) is 98.3 cm³/mol. The molecule has 7 heteroatoms. The van der Waals surface area contributed by atoms with Gasteiger partial charge in [0.25, 0.3) is 5.91 Å². The molecule has 1 amide bonds. The maximum absolute atomic E-state index is 12.2. The van der Waals surface area contributed by atoms with E-state index in [1.54, 1.807) is 0 Å². The molecule has 0 unspecified atom stereocenters. The van der Waals surface area contributed by atoms with Crippen LogP contribution in [0.1, 0.15) is 20.1 Å². The normalized spacial score (nSPS) is 14.3. The Labute approximate surface area is 146 Å². The van der Waals surface area contributed by atoms with Crippen molar-refractivity contribution in [2.24, 2.45) is 0 Å². The Hall–Kier alpha value is -1.63. The average Bonchev–Trinajstić information content (AvgIpc) is 2.88. The monoisotopic (exact) mass is 352 g/mol. The average molecular weight is 353 g/mol. The van der Waals surface area contributed by atoms with Gasteiger partial charge in [0, 0.05) is 31.1 Å². The zero-order valence-corrected chi connectivity index (χ0v) is 14.9. The number of nitrogens with one attached hydrogen (secondary N) is 2. The maximum Gasteiger partial charge on any atom is 0.266 e. The van der Waals surface area contributed by atoms with Gasteiger partial charge in [-0.3, -0.25) is 4.79 Å². The molecule has 1 fully saturated rings. The maximum atomic E-state index is 12.2. The van der Waals surface area contributed by atoms with Crippen LogP contribution in [0.3, 0.4) is 0 Å². The van der Waals surface area contributed by atoms with Crippen LogP contribution in [0, 0.1) is 13.8 Å². The summed E-state index contributed by atoms with van der Waals surface area (Å²) in [7, 11) is 0. The number of hydrogen-bond acceptors (Lipinski definition) is 5. The molecule has 0 aromatic carbocycles. The molecule has 0 atom stereocenters. The minimum absolute atomic E-state index is 0. The van der Waals surface area contributed by atoms with Crippen LogP contribution in [0.25, 0.3) is 0 Å². The Balaban J connectivity index is 0.00000192. The summed E-state index contributed by atoms with van der Waals surface area (Å²) in [5, 5.41) is 6.19. The molecule has 2 aromatic heterocycles. The zero-order chi connectivity index (χ0) is 15.5. The van der Waals surface area contributed by atoms with E-state index in [0.29, 0.717) is 5.82 Å². The first-order valence-electron chi connectivity index (χ1n) is 7.43. The van der Waals surface area contributed by atoms with Crippen LogP contribution in [0.4, 0.5) is 11.5 Å². The number of carbonyl (C=O) groups excluding carboxylic acids is 1. The fraction of sp³-hybridized carbons (Fsp3) is 0.375. The third-order valence-corrected chi connectivity index (χ3v) is 5.01. The second kappa shape index (κ2) is 7.77. The zero-order valence-electron chi connectivity index (χ0n) is 13.3. The van der Waals surface area contributed by atoms with Gasteiger partial charge in [-0.05, 0) is 37.6 Å². The number of hydrogen-bond donors (Lipinski definition) is 2. The molecule has 5 nitrogen and oxygen atoms in total. The molecule has 0 aliphatic carbocycles. The molecule has 2 aromatic rings. The summed E-state index contributed by atoms with van der Waals surface area (Å²) in [6.07, 6.45) is 1.83. The molecule has 23 heavy (non-hydrogen) atoms. The Kier molecular flexibility index (Phi) is 5.98. The molecule has 2 N–H and O–H groups in total. The van der Waals surface area contributed by atoms with E-state index in [4.69, 9.17) is 0 Å². The summed E-state index contributed by atoms with van der Waals surface area (Å²) in [6, 6.07) is 5.80. The molecule has 1 saturated heterocycles. The van der Waals surface area contributed by atoms with E-state index < -0.39 is 0 Å². The van der Waals surface area contributed by atoms with Crippen LogP contribution < -0.4 is 15.5 Å². The number of aryl methyl sites for hydroxylation is 2. The number of nitrogens with zero attached hydrogens (tertiary/aromatic N) is 2. The molecular weight excluding hydrogens is 332 g/mol. The summed E-state index contributed by atoms with van der Waals surface area (Å²) >= 11 is 1.51. The van der Waals surface area contributed by atoms with Gasteiger partial charge in [0.2, 0.25) is 0 Å². The van der Waals surface area contributed by atoms with Gasteiger partial charge in [0.05, 0.1) is 16.8 Å². The van der Waals surface area contributed by atoms with Crippen LogP contribution in [0.2, 0.25) is 0 Å². The molecule has 0 radical (unpaired) electrons. The van der Waals surface area contributed by atoms with Crippen LogP contribution in [0.5, 0.6) is 0 Å². The lowest BCUT2D eigenvalue weighted by Crippen LogP contribution is -2.43. The van der Waals surface area contributed by atoms with Gasteiger partial charge in [-0.2, -0.15) is 0 Å². The van der Waals surface area contributed by atoms with Crippen molar-refractivity contribution < 1.29 is 4.79 Å². The topological polar surface area (TPSA) is 57.3 Å². The molecule has 0 bridgehead atoms. The van der Waals surface area contributed by atoms with Crippen molar-refractivity contribution in [3.05, 3.63) is 39.7 Å². The second-order valence-corrected chi connectivity index (χ2v) is 6.70. The van der Waals surface area contributed by atoms with E-state index in [1.165, 1.54) is 16.2 Å². The minimum Gasteiger partial charge on any atom is -0.368 e. The molecule has 0 spiro atoms. The number of amides is 1. The Morgan fingerprint density at radius 3 is 2.61 bits per heavy atom. The van der Waals surface area contributed by atoms with Crippen molar-refractivity contribution in [2.45, 2.75) is 13.8 Å². The standard InChI is InChI=1S/C16H20N4OS.ClH/c1-11-9-14(22-12(11)2)16(21)19-15-4-3-13(10-18-15)20-7-5-17-6-8-20;/h3-4,9-10,17H,5-8H2,1-2H3,(H,18,19,21);1H. The van der Waals surface area contributed by atoms with Crippen LogP contribution in [-0.2, 0) is 0 Å². The number of piperazine rings is 1. The quantitative estimate of drug-likeness (QED) is 0.891. The third kappa shape index (κ3) is 4.22. The second-order valence-electron chi connectivity index (χ2n) is 5.44. The first-order chi connectivity index (χ1) is 10.6. The Morgan fingerprint density at radius 1 is 1.30 bits per heavy atom. The van der Waals surface area contributed by atoms with E-state index in [1.807, 2.05) is 38.2 Å². The summed E-state index contributed by atoms with van der Waals surface area (Å²) < 4.78 is 0. The predicted octanol–water partition coefficient (Wildman–Crippen LogP) is 2.84. The fourth-order valence-corrected chi connectivity index (χ4v) is 3.36. The van der Waals surface area contributed by atoms with E-state index in [9.17, 15) is 4.79 Å². The van der Waals surface area contributed by atoms with Crippen LogP contribution in [-0.4, -0.2) is 37.1 Å². The highest BCUT2D eigenvalue weighted by molar-refractivity contribution is 7.14. The minimum atomic E-state index is -0.0939. The summed E-state index contributed by atoms with van der Waals surface area (Å²) in [5.41, 5.74) is 2.25. The summed E-state index contributed by atoms with van der Waals surface area (Å²) in [4.78, 5) is 20.8. The molecule has 3 rings (SSSR count).